The van der Waals surface area contributed by atoms with E-state index < -0.39 is 6.10 Å². The summed E-state index contributed by atoms with van der Waals surface area (Å²) >= 11 is 0. The first-order chi connectivity index (χ1) is 11.8. The Kier molecular flexibility index (Phi) is 6.27. The van der Waals surface area contributed by atoms with Crippen LogP contribution in [0.3, 0.4) is 0 Å². The summed E-state index contributed by atoms with van der Waals surface area (Å²) in [6, 6.07) is 18.3. The van der Waals surface area contributed by atoms with Crippen molar-refractivity contribution < 1.29 is 9.84 Å². The van der Waals surface area contributed by atoms with E-state index in [-0.39, 0.29) is 0 Å². The maximum absolute atomic E-state index is 10.3. The van der Waals surface area contributed by atoms with E-state index in [1.54, 1.807) is 0 Å². The number of aliphatic hydroxyl groups is 1. The van der Waals surface area contributed by atoms with E-state index in [0.717, 1.165) is 30.0 Å². The van der Waals surface area contributed by atoms with Crippen LogP contribution in [0.25, 0.3) is 11.1 Å². The highest BCUT2D eigenvalue weighted by Gasteiger charge is 2.15. The van der Waals surface area contributed by atoms with Crippen LogP contribution in [-0.4, -0.2) is 42.4 Å². The van der Waals surface area contributed by atoms with Gasteiger partial charge in [-0.15, -0.1) is 0 Å². The van der Waals surface area contributed by atoms with Gasteiger partial charge in [0.05, 0.1) is 0 Å². The van der Waals surface area contributed by atoms with Crippen LogP contribution in [0.4, 0.5) is 0 Å². The molecule has 24 heavy (non-hydrogen) atoms. The van der Waals surface area contributed by atoms with Gasteiger partial charge >= 0.3 is 0 Å². The molecule has 0 bridgehead atoms. The maximum Gasteiger partial charge on any atom is 0.127 e. The van der Waals surface area contributed by atoms with Crippen LogP contribution in [0.2, 0.25) is 0 Å². The lowest BCUT2D eigenvalue weighted by molar-refractivity contribution is 0.0696. The van der Waals surface area contributed by atoms with E-state index in [1.807, 2.05) is 36.4 Å². The number of likely N-dealkylation sites (tertiary alicyclic amines) is 1. The Labute approximate surface area is 144 Å². The van der Waals surface area contributed by atoms with Gasteiger partial charge in [0.2, 0.25) is 0 Å². The number of aliphatic hydroxyl groups excluding tert-OH is 1. The number of nitrogens with zero attached hydrogens (tertiary/aromatic N) is 1. The number of para-hydroxylation sites is 1. The van der Waals surface area contributed by atoms with E-state index in [4.69, 9.17) is 4.74 Å². The predicted octanol–water partition coefficient (Wildman–Crippen LogP) is 3.97. The van der Waals surface area contributed by atoms with Crippen LogP contribution in [0.15, 0.2) is 54.6 Å². The molecule has 2 aromatic carbocycles. The summed E-state index contributed by atoms with van der Waals surface area (Å²) in [5.74, 6) is 0.832. The standard InChI is InChI=1S/C21H27NO2/c23-19(16-22-14-8-1-2-9-15-22)17-24-21-13-7-6-12-20(21)18-10-4-3-5-11-18/h3-7,10-13,19,23H,1-2,8-9,14-17H2/t19-/m0/s1. The molecule has 0 aliphatic carbocycles. The zero-order chi connectivity index (χ0) is 16.6. The molecular weight excluding hydrogens is 298 g/mol. The molecule has 1 atom stereocenters. The van der Waals surface area contributed by atoms with Crippen molar-refractivity contribution in [1.82, 2.24) is 4.90 Å². The summed E-state index contributed by atoms with van der Waals surface area (Å²) in [6.07, 6.45) is 4.66. The average molecular weight is 325 g/mol. The van der Waals surface area contributed by atoms with Crippen LogP contribution >= 0.6 is 0 Å². The summed E-state index contributed by atoms with van der Waals surface area (Å²) in [5, 5.41) is 10.3. The minimum Gasteiger partial charge on any atom is -0.490 e. The lowest BCUT2D eigenvalue weighted by atomic mass is 10.1. The van der Waals surface area contributed by atoms with Gasteiger partial charge in [-0.05, 0) is 37.6 Å². The van der Waals surface area contributed by atoms with Gasteiger partial charge in [-0.2, -0.15) is 0 Å². The Morgan fingerprint density at radius 3 is 2.29 bits per heavy atom. The van der Waals surface area contributed by atoms with Crippen molar-refractivity contribution in [2.75, 3.05) is 26.2 Å². The number of ether oxygens (including phenoxy) is 1. The Morgan fingerprint density at radius 2 is 1.54 bits per heavy atom. The summed E-state index contributed by atoms with van der Waals surface area (Å²) in [6.45, 7) is 3.23. The molecule has 3 nitrogen and oxygen atoms in total. The zero-order valence-electron chi connectivity index (χ0n) is 14.2. The zero-order valence-corrected chi connectivity index (χ0v) is 14.2. The maximum atomic E-state index is 10.3. The van der Waals surface area contributed by atoms with E-state index in [9.17, 15) is 5.11 Å². The molecule has 1 saturated heterocycles. The first kappa shape index (κ1) is 17.0. The molecule has 1 N–H and O–H groups in total. The van der Waals surface area contributed by atoms with Gasteiger partial charge in [0, 0.05) is 12.1 Å². The normalized spacial score (nSPS) is 17.2. The third-order valence-corrected chi connectivity index (χ3v) is 4.57. The topological polar surface area (TPSA) is 32.7 Å². The Hall–Kier alpha value is -1.84. The number of rotatable bonds is 6. The molecular formula is C21H27NO2. The quantitative estimate of drug-likeness (QED) is 0.872. The third kappa shape index (κ3) is 4.83. The highest BCUT2D eigenvalue weighted by atomic mass is 16.5. The molecule has 128 valence electrons. The van der Waals surface area contributed by atoms with Crippen LogP contribution < -0.4 is 4.74 Å². The van der Waals surface area contributed by atoms with Gasteiger partial charge in [0.1, 0.15) is 18.5 Å². The lowest BCUT2D eigenvalue weighted by Crippen LogP contribution is -2.36. The van der Waals surface area contributed by atoms with Crippen molar-refractivity contribution in [3.8, 4) is 16.9 Å². The third-order valence-electron chi connectivity index (χ3n) is 4.57. The van der Waals surface area contributed by atoms with Gasteiger partial charge < -0.3 is 14.7 Å². The van der Waals surface area contributed by atoms with Gasteiger partial charge in [0.15, 0.2) is 0 Å². The molecule has 0 amide bonds. The van der Waals surface area contributed by atoms with Crippen LogP contribution in [0.5, 0.6) is 5.75 Å². The van der Waals surface area contributed by atoms with Gasteiger partial charge in [-0.3, -0.25) is 0 Å². The number of hydrogen-bond donors (Lipinski definition) is 1. The molecule has 0 unspecified atom stereocenters. The summed E-state index contributed by atoms with van der Waals surface area (Å²) in [4.78, 5) is 2.37. The lowest BCUT2D eigenvalue weighted by Gasteiger charge is -2.23. The van der Waals surface area contributed by atoms with Crippen LogP contribution in [0, 0.1) is 0 Å². The highest BCUT2D eigenvalue weighted by molar-refractivity contribution is 5.70. The number of hydrogen-bond acceptors (Lipinski definition) is 3. The van der Waals surface area contributed by atoms with Crippen LogP contribution in [-0.2, 0) is 0 Å². The average Bonchev–Trinajstić information content (AvgIpc) is 2.90. The second kappa shape index (κ2) is 8.86. The summed E-state index contributed by atoms with van der Waals surface area (Å²) in [5.41, 5.74) is 2.20. The molecule has 0 spiro atoms. The molecule has 3 heteroatoms. The summed E-state index contributed by atoms with van der Waals surface area (Å²) < 4.78 is 5.95. The van der Waals surface area contributed by atoms with Crippen LogP contribution in [0.1, 0.15) is 25.7 Å². The van der Waals surface area contributed by atoms with E-state index in [0.29, 0.717) is 13.2 Å². The van der Waals surface area contributed by atoms with Crippen molar-refractivity contribution >= 4 is 0 Å². The van der Waals surface area contributed by atoms with Crippen molar-refractivity contribution in [2.24, 2.45) is 0 Å². The molecule has 1 aliphatic rings. The monoisotopic (exact) mass is 325 g/mol. The largest absolute Gasteiger partial charge is 0.490 e. The summed E-state index contributed by atoms with van der Waals surface area (Å²) in [7, 11) is 0. The first-order valence-electron chi connectivity index (χ1n) is 9.00. The van der Waals surface area contributed by atoms with Gasteiger partial charge in [0.25, 0.3) is 0 Å². The van der Waals surface area contributed by atoms with Gasteiger partial charge in [-0.1, -0.05) is 61.4 Å². The fourth-order valence-electron chi connectivity index (χ4n) is 3.30. The Bertz CT molecular complexity index is 606. The minimum atomic E-state index is -0.452. The Morgan fingerprint density at radius 1 is 0.875 bits per heavy atom. The van der Waals surface area contributed by atoms with Gasteiger partial charge in [-0.25, -0.2) is 0 Å². The van der Waals surface area contributed by atoms with Crippen molar-refractivity contribution in [3.63, 3.8) is 0 Å². The Balaban J connectivity index is 1.58. The molecule has 1 fully saturated rings. The number of benzene rings is 2. The van der Waals surface area contributed by atoms with E-state index in [1.165, 1.54) is 25.7 Å². The van der Waals surface area contributed by atoms with E-state index in [2.05, 4.69) is 23.1 Å². The second-order valence-corrected chi connectivity index (χ2v) is 6.54. The van der Waals surface area contributed by atoms with Crippen molar-refractivity contribution in [3.05, 3.63) is 54.6 Å². The molecule has 0 saturated carbocycles. The number of β-amino-alcohol motifs (C(OH)–C–C–N with tert-alkyl or cyclic N) is 1. The van der Waals surface area contributed by atoms with Crippen molar-refractivity contribution in [2.45, 2.75) is 31.8 Å². The minimum absolute atomic E-state index is 0.334. The highest BCUT2D eigenvalue weighted by Crippen LogP contribution is 2.29. The molecule has 0 aromatic heterocycles. The first-order valence-corrected chi connectivity index (χ1v) is 9.00. The molecule has 1 aliphatic heterocycles. The molecule has 1 heterocycles. The molecule has 0 radical (unpaired) electrons. The molecule has 2 aromatic rings. The fourth-order valence-corrected chi connectivity index (χ4v) is 3.30. The SMILES string of the molecule is O[C@H](COc1ccccc1-c1ccccc1)CN1CCCCCC1. The van der Waals surface area contributed by atoms with Crippen molar-refractivity contribution in [1.29, 1.82) is 0 Å². The fraction of sp³-hybridized carbons (Fsp3) is 0.429. The van der Waals surface area contributed by atoms with E-state index >= 15 is 0 Å². The predicted molar refractivity (Wildman–Crippen MR) is 98.3 cm³/mol. The smallest absolute Gasteiger partial charge is 0.127 e. The second-order valence-electron chi connectivity index (χ2n) is 6.54. The molecule has 3 rings (SSSR count).